The summed E-state index contributed by atoms with van der Waals surface area (Å²) in [5.41, 5.74) is 4.07. The van der Waals surface area contributed by atoms with E-state index in [0.717, 1.165) is 16.3 Å². The fourth-order valence-corrected chi connectivity index (χ4v) is 3.50. The Morgan fingerprint density at radius 1 is 1.00 bits per heavy atom. The van der Waals surface area contributed by atoms with Crippen LogP contribution in [-0.4, -0.2) is 17.0 Å². The normalized spacial score (nSPS) is 11.0. The number of hydrogen-bond donors (Lipinski definition) is 1. The molecule has 0 aliphatic carbocycles. The highest BCUT2D eigenvalue weighted by atomic mass is 19.1. The van der Waals surface area contributed by atoms with Crippen LogP contribution in [0.3, 0.4) is 0 Å². The van der Waals surface area contributed by atoms with Crippen LogP contribution in [0.1, 0.15) is 16.7 Å². The summed E-state index contributed by atoms with van der Waals surface area (Å²) in [6, 6.07) is 23.5. The van der Waals surface area contributed by atoms with E-state index in [1.165, 1.54) is 30.5 Å². The number of ether oxygens (including phenoxy) is 1. The summed E-state index contributed by atoms with van der Waals surface area (Å²) in [5.74, 6) is -0.266. The van der Waals surface area contributed by atoms with Crippen molar-refractivity contribution < 1.29 is 18.8 Å². The van der Waals surface area contributed by atoms with Crippen LogP contribution in [0, 0.1) is 15.9 Å². The van der Waals surface area contributed by atoms with Crippen LogP contribution >= 0.6 is 0 Å². The molecule has 7 nitrogen and oxygen atoms in total. The zero-order chi connectivity index (χ0) is 23.9. The van der Waals surface area contributed by atoms with E-state index in [2.05, 4.69) is 10.5 Å². The zero-order valence-electron chi connectivity index (χ0n) is 18.0. The smallest absolute Gasteiger partial charge is 0.273 e. The number of carbonyl (C=O) groups is 1. The van der Waals surface area contributed by atoms with E-state index in [9.17, 15) is 19.3 Å². The number of benzene rings is 4. The predicted molar refractivity (Wildman–Crippen MR) is 127 cm³/mol. The lowest BCUT2D eigenvalue weighted by Gasteiger charge is -2.12. The monoisotopic (exact) mass is 457 g/mol. The number of hydrogen-bond acceptors (Lipinski definition) is 5. The first-order chi connectivity index (χ1) is 16.5. The van der Waals surface area contributed by atoms with E-state index in [4.69, 9.17) is 4.74 Å². The van der Waals surface area contributed by atoms with Crippen molar-refractivity contribution in [2.24, 2.45) is 5.10 Å². The quantitative estimate of drug-likeness (QED) is 0.225. The lowest BCUT2D eigenvalue weighted by Crippen LogP contribution is -2.20. The first-order valence-corrected chi connectivity index (χ1v) is 10.4. The number of nitrogens with zero attached hydrogens (tertiary/aromatic N) is 2. The molecule has 4 rings (SSSR count). The number of nitro benzene ring substituents is 1. The number of nitro groups is 1. The maximum atomic E-state index is 13.2. The number of fused-ring (bicyclic) bond motifs is 1. The molecule has 0 aliphatic rings. The van der Waals surface area contributed by atoms with Crippen molar-refractivity contribution >= 4 is 28.6 Å². The van der Waals surface area contributed by atoms with E-state index in [-0.39, 0.29) is 24.5 Å². The highest BCUT2D eigenvalue weighted by Crippen LogP contribution is 2.27. The second-order valence-electron chi connectivity index (χ2n) is 7.47. The standard InChI is InChI=1S/C26H20FN3O4/c27-21-12-9-18(10-13-21)17-34-25-14-11-19-5-1-3-7-22(19)23(25)16-28-29-26(31)15-20-6-2-4-8-24(20)30(32)33/h1-14,16H,15,17H2,(H,29,31)/b28-16+. The number of halogens is 1. The van der Waals surface area contributed by atoms with Gasteiger partial charge in [0.2, 0.25) is 5.91 Å². The molecule has 170 valence electrons. The van der Waals surface area contributed by atoms with Gasteiger partial charge in [-0.1, -0.05) is 60.7 Å². The summed E-state index contributed by atoms with van der Waals surface area (Å²) in [6.45, 7) is 0.226. The van der Waals surface area contributed by atoms with Crippen LogP contribution < -0.4 is 10.2 Å². The Bertz CT molecular complexity index is 1370. The van der Waals surface area contributed by atoms with Gasteiger partial charge in [0.05, 0.1) is 17.6 Å². The second-order valence-corrected chi connectivity index (χ2v) is 7.47. The van der Waals surface area contributed by atoms with Gasteiger partial charge in [0.1, 0.15) is 18.2 Å². The summed E-state index contributed by atoms with van der Waals surface area (Å²) >= 11 is 0. The van der Waals surface area contributed by atoms with Gasteiger partial charge in [-0.25, -0.2) is 9.82 Å². The SMILES string of the molecule is O=C(Cc1ccccc1[N+](=O)[O-])N/N=C/c1c(OCc2ccc(F)cc2)ccc2ccccc12. The first-order valence-electron chi connectivity index (χ1n) is 10.4. The second kappa shape index (κ2) is 10.4. The van der Waals surface area contributed by atoms with E-state index < -0.39 is 10.8 Å². The molecule has 0 radical (unpaired) electrons. The van der Waals surface area contributed by atoms with Gasteiger partial charge in [0.15, 0.2) is 0 Å². The van der Waals surface area contributed by atoms with Gasteiger partial charge in [-0.2, -0.15) is 5.10 Å². The Hall–Kier alpha value is -4.59. The fraction of sp³-hybridized carbons (Fsp3) is 0.0769. The van der Waals surface area contributed by atoms with Crippen molar-refractivity contribution in [1.29, 1.82) is 0 Å². The molecule has 34 heavy (non-hydrogen) atoms. The molecule has 0 spiro atoms. The number of para-hydroxylation sites is 1. The Morgan fingerprint density at radius 3 is 2.53 bits per heavy atom. The van der Waals surface area contributed by atoms with Crippen molar-refractivity contribution in [3.05, 3.63) is 118 Å². The Kier molecular flexibility index (Phi) is 6.88. The molecular weight excluding hydrogens is 437 g/mol. The first kappa shape index (κ1) is 22.6. The molecule has 1 amide bonds. The average Bonchev–Trinajstić information content (AvgIpc) is 2.84. The van der Waals surface area contributed by atoms with Crippen molar-refractivity contribution in [2.45, 2.75) is 13.0 Å². The molecule has 0 unspecified atom stereocenters. The third kappa shape index (κ3) is 5.42. The molecule has 0 heterocycles. The van der Waals surface area contributed by atoms with E-state index in [1.54, 1.807) is 24.3 Å². The number of rotatable bonds is 8. The summed E-state index contributed by atoms with van der Waals surface area (Å²) in [4.78, 5) is 23.0. The fourth-order valence-electron chi connectivity index (χ4n) is 3.50. The Labute approximate surface area is 194 Å². The van der Waals surface area contributed by atoms with Gasteiger partial charge >= 0.3 is 0 Å². The molecule has 0 saturated heterocycles. The molecule has 0 aromatic heterocycles. The van der Waals surface area contributed by atoms with Gasteiger partial charge in [0, 0.05) is 17.2 Å². The van der Waals surface area contributed by atoms with Crippen LogP contribution in [0.25, 0.3) is 10.8 Å². The van der Waals surface area contributed by atoms with Gasteiger partial charge < -0.3 is 4.74 Å². The van der Waals surface area contributed by atoms with Crippen molar-refractivity contribution in [3.8, 4) is 5.75 Å². The minimum Gasteiger partial charge on any atom is -0.488 e. The minimum absolute atomic E-state index is 0.118. The maximum Gasteiger partial charge on any atom is 0.273 e. The van der Waals surface area contributed by atoms with Crippen molar-refractivity contribution in [3.63, 3.8) is 0 Å². The van der Waals surface area contributed by atoms with Gasteiger partial charge in [-0.15, -0.1) is 0 Å². The van der Waals surface area contributed by atoms with Crippen LogP contribution in [-0.2, 0) is 17.8 Å². The molecule has 0 saturated carbocycles. The van der Waals surface area contributed by atoms with Crippen LogP contribution in [0.2, 0.25) is 0 Å². The van der Waals surface area contributed by atoms with Crippen molar-refractivity contribution in [1.82, 2.24) is 5.43 Å². The van der Waals surface area contributed by atoms with Crippen LogP contribution in [0.15, 0.2) is 90.0 Å². The number of nitrogens with one attached hydrogen (secondary N) is 1. The van der Waals surface area contributed by atoms with E-state index >= 15 is 0 Å². The lowest BCUT2D eigenvalue weighted by molar-refractivity contribution is -0.385. The molecule has 0 aliphatic heterocycles. The van der Waals surface area contributed by atoms with Gasteiger partial charge in [-0.05, 0) is 34.5 Å². The van der Waals surface area contributed by atoms with E-state index in [0.29, 0.717) is 16.9 Å². The highest BCUT2D eigenvalue weighted by Gasteiger charge is 2.15. The molecular formula is C26H20FN3O4. The third-order valence-corrected chi connectivity index (χ3v) is 5.16. The Balaban J connectivity index is 1.53. The van der Waals surface area contributed by atoms with Crippen LogP contribution in [0.5, 0.6) is 5.75 Å². The predicted octanol–water partition coefficient (Wildman–Crippen LogP) is 5.16. The van der Waals surface area contributed by atoms with E-state index in [1.807, 2.05) is 36.4 Å². The van der Waals surface area contributed by atoms with Gasteiger partial charge in [-0.3, -0.25) is 14.9 Å². The van der Waals surface area contributed by atoms with Crippen molar-refractivity contribution in [2.75, 3.05) is 0 Å². The maximum absolute atomic E-state index is 13.2. The topological polar surface area (TPSA) is 93.8 Å². The molecule has 8 heteroatoms. The zero-order valence-corrected chi connectivity index (χ0v) is 18.0. The summed E-state index contributed by atoms with van der Waals surface area (Å²) < 4.78 is 19.1. The number of carbonyl (C=O) groups excluding carboxylic acids is 1. The largest absolute Gasteiger partial charge is 0.488 e. The third-order valence-electron chi connectivity index (χ3n) is 5.16. The van der Waals surface area contributed by atoms with Gasteiger partial charge in [0.25, 0.3) is 5.69 Å². The highest BCUT2D eigenvalue weighted by molar-refractivity contribution is 6.02. The molecule has 1 N–H and O–H groups in total. The van der Waals surface area contributed by atoms with Crippen LogP contribution in [0.4, 0.5) is 10.1 Å². The summed E-state index contributed by atoms with van der Waals surface area (Å²) in [5, 5.41) is 17.1. The number of hydrazone groups is 1. The molecule has 4 aromatic rings. The number of amides is 1. The molecule has 0 bridgehead atoms. The summed E-state index contributed by atoms with van der Waals surface area (Å²) in [6.07, 6.45) is 1.30. The average molecular weight is 457 g/mol. The minimum atomic E-state index is -0.521. The Morgan fingerprint density at radius 2 is 1.74 bits per heavy atom. The molecule has 4 aromatic carbocycles. The summed E-state index contributed by atoms with van der Waals surface area (Å²) in [7, 11) is 0. The molecule has 0 fully saturated rings. The molecule has 0 atom stereocenters. The lowest BCUT2D eigenvalue weighted by atomic mass is 10.0.